The van der Waals surface area contributed by atoms with Crippen LogP contribution in [-0.2, 0) is 19.6 Å². The van der Waals surface area contributed by atoms with Crippen LogP contribution in [0.1, 0.15) is 22.3 Å². The van der Waals surface area contributed by atoms with Crippen LogP contribution in [0.5, 0.6) is 0 Å². The summed E-state index contributed by atoms with van der Waals surface area (Å²) in [6.07, 6.45) is 0. The Morgan fingerprint density at radius 1 is 0.964 bits per heavy atom. The minimum absolute atomic E-state index is 0.274. The molecule has 0 bridgehead atoms. The van der Waals surface area contributed by atoms with Gasteiger partial charge in [0.05, 0.1) is 0 Å². The van der Waals surface area contributed by atoms with Gasteiger partial charge in [-0.2, -0.15) is 0 Å². The molecule has 4 rings (SSSR count). The van der Waals surface area contributed by atoms with E-state index in [1.807, 2.05) is 37.3 Å². The van der Waals surface area contributed by atoms with Crippen LogP contribution in [-0.4, -0.2) is 10.9 Å². The van der Waals surface area contributed by atoms with Crippen molar-refractivity contribution in [3.8, 4) is 0 Å². The molecule has 0 spiro atoms. The van der Waals surface area contributed by atoms with E-state index in [1.165, 1.54) is 16.7 Å². The van der Waals surface area contributed by atoms with E-state index < -0.39 is 0 Å². The van der Waals surface area contributed by atoms with Crippen molar-refractivity contribution in [2.45, 2.75) is 26.6 Å². The molecule has 1 heterocycles. The fourth-order valence-electron chi connectivity index (χ4n) is 3.52. The van der Waals surface area contributed by atoms with E-state index in [0.29, 0.717) is 10.7 Å². The van der Waals surface area contributed by atoms with E-state index in [1.54, 1.807) is 0 Å². The molecule has 0 fully saturated rings. The predicted octanol–water partition coefficient (Wildman–Crippen LogP) is 5.81. The van der Waals surface area contributed by atoms with Crippen molar-refractivity contribution in [3.63, 3.8) is 0 Å². The normalized spacial score (nSPS) is 13.2. The molecule has 2 N–H and O–H groups in total. The predicted molar refractivity (Wildman–Crippen MR) is 115 cm³/mol. The zero-order valence-corrected chi connectivity index (χ0v) is 16.5. The number of fused-ring (bicyclic) bond motifs is 1. The number of urea groups is 1. The van der Waals surface area contributed by atoms with Gasteiger partial charge in [0.2, 0.25) is 0 Å². The maximum atomic E-state index is 12.4. The van der Waals surface area contributed by atoms with Crippen LogP contribution < -0.4 is 10.6 Å². The first-order valence-electron chi connectivity index (χ1n) is 9.30. The van der Waals surface area contributed by atoms with Gasteiger partial charge in [0.15, 0.2) is 0 Å². The van der Waals surface area contributed by atoms with Crippen molar-refractivity contribution in [2.24, 2.45) is 0 Å². The Hall–Kier alpha value is -2.82. The van der Waals surface area contributed by atoms with Gasteiger partial charge in [-0.15, -0.1) is 0 Å². The molecule has 3 aromatic rings. The summed E-state index contributed by atoms with van der Waals surface area (Å²) in [6.45, 7) is 4.62. The van der Waals surface area contributed by atoms with Gasteiger partial charge in [0.25, 0.3) is 0 Å². The first-order valence-corrected chi connectivity index (χ1v) is 9.67. The fraction of sp³-hybridized carbons (Fsp3) is 0.174. The quantitative estimate of drug-likeness (QED) is 0.589. The average molecular weight is 392 g/mol. The second-order valence-electron chi connectivity index (χ2n) is 7.11. The van der Waals surface area contributed by atoms with Crippen LogP contribution in [0.15, 0.2) is 66.7 Å². The Labute approximate surface area is 170 Å². The van der Waals surface area contributed by atoms with Crippen molar-refractivity contribution >= 4 is 29.0 Å². The monoisotopic (exact) mass is 391 g/mol. The van der Waals surface area contributed by atoms with E-state index in [9.17, 15) is 4.79 Å². The highest BCUT2D eigenvalue weighted by atomic mass is 35.5. The molecule has 142 valence electrons. The van der Waals surface area contributed by atoms with E-state index in [2.05, 4.69) is 51.9 Å². The lowest BCUT2D eigenvalue weighted by molar-refractivity contribution is 0.262. The zero-order valence-electron chi connectivity index (χ0n) is 15.7. The molecular weight excluding hydrogens is 370 g/mol. The Balaban J connectivity index is 1.39. The highest BCUT2D eigenvalue weighted by molar-refractivity contribution is 6.31. The molecule has 0 unspecified atom stereocenters. The standard InChI is InChI=1S/C23H22ClN3O/c1-16-21(24)8-5-9-22(16)26-23(28)25-20-11-10-18-14-27(15-19(18)12-20)13-17-6-3-2-4-7-17/h2-12H,13-15H2,1H3,(H2,25,26,28). The number of halogens is 1. The lowest BCUT2D eigenvalue weighted by atomic mass is 10.1. The molecule has 0 aliphatic carbocycles. The number of hydrogen-bond acceptors (Lipinski definition) is 2. The number of nitrogens with one attached hydrogen (secondary N) is 2. The third-order valence-electron chi connectivity index (χ3n) is 5.02. The molecule has 3 aromatic carbocycles. The Bertz CT molecular complexity index is 1000. The van der Waals surface area contributed by atoms with Crippen LogP contribution in [0.2, 0.25) is 5.02 Å². The van der Waals surface area contributed by atoms with Gasteiger partial charge in [-0.1, -0.05) is 54.1 Å². The average Bonchev–Trinajstić information content (AvgIpc) is 3.07. The minimum Gasteiger partial charge on any atom is -0.308 e. The molecule has 0 saturated carbocycles. The third-order valence-corrected chi connectivity index (χ3v) is 5.43. The Kier molecular flexibility index (Phi) is 5.33. The SMILES string of the molecule is Cc1c(Cl)cccc1NC(=O)Nc1ccc2c(c1)CN(Cc1ccccc1)C2. The molecule has 4 nitrogen and oxygen atoms in total. The first kappa shape index (κ1) is 18.5. The lowest BCUT2D eigenvalue weighted by Gasteiger charge is -2.14. The highest BCUT2D eigenvalue weighted by Gasteiger charge is 2.19. The second-order valence-corrected chi connectivity index (χ2v) is 7.51. The van der Waals surface area contributed by atoms with Crippen molar-refractivity contribution < 1.29 is 4.79 Å². The summed E-state index contributed by atoms with van der Waals surface area (Å²) in [5.41, 5.74) is 6.23. The van der Waals surface area contributed by atoms with Crippen molar-refractivity contribution in [2.75, 3.05) is 10.6 Å². The van der Waals surface area contributed by atoms with E-state index >= 15 is 0 Å². The highest BCUT2D eigenvalue weighted by Crippen LogP contribution is 2.27. The molecule has 0 radical (unpaired) electrons. The number of hydrogen-bond donors (Lipinski definition) is 2. The molecule has 2 amide bonds. The third kappa shape index (κ3) is 4.19. The van der Waals surface area contributed by atoms with Crippen LogP contribution in [0.4, 0.5) is 16.2 Å². The molecule has 5 heteroatoms. The molecule has 28 heavy (non-hydrogen) atoms. The van der Waals surface area contributed by atoms with Gasteiger partial charge in [-0.05, 0) is 53.4 Å². The van der Waals surface area contributed by atoms with Crippen LogP contribution >= 0.6 is 11.6 Å². The number of anilines is 2. The summed E-state index contributed by atoms with van der Waals surface area (Å²) in [5, 5.41) is 6.42. The summed E-state index contributed by atoms with van der Waals surface area (Å²) >= 11 is 6.12. The van der Waals surface area contributed by atoms with Crippen LogP contribution in [0.3, 0.4) is 0 Å². The molecule has 1 aliphatic rings. The van der Waals surface area contributed by atoms with E-state index in [4.69, 9.17) is 11.6 Å². The number of nitrogens with zero attached hydrogens (tertiary/aromatic N) is 1. The Morgan fingerprint density at radius 2 is 1.75 bits per heavy atom. The molecular formula is C23H22ClN3O. The topological polar surface area (TPSA) is 44.4 Å². The zero-order chi connectivity index (χ0) is 19.5. The number of rotatable bonds is 4. The molecule has 1 aliphatic heterocycles. The van der Waals surface area contributed by atoms with E-state index in [0.717, 1.165) is 30.9 Å². The van der Waals surface area contributed by atoms with Gasteiger partial charge in [-0.3, -0.25) is 4.90 Å². The van der Waals surface area contributed by atoms with Crippen LogP contribution in [0.25, 0.3) is 0 Å². The van der Waals surface area contributed by atoms with Crippen molar-refractivity contribution in [3.05, 3.63) is 94.0 Å². The van der Waals surface area contributed by atoms with Crippen LogP contribution in [0, 0.1) is 6.92 Å². The van der Waals surface area contributed by atoms with Gasteiger partial charge >= 0.3 is 6.03 Å². The van der Waals surface area contributed by atoms with Crippen molar-refractivity contribution in [1.29, 1.82) is 0 Å². The molecule has 0 saturated heterocycles. The van der Waals surface area contributed by atoms with Gasteiger partial charge in [0, 0.05) is 36.0 Å². The fourth-order valence-corrected chi connectivity index (χ4v) is 3.70. The second kappa shape index (κ2) is 8.05. The number of amides is 2. The first-order chi connectivity index (χ1) is 13.6. The summed E-state index contributed by atoms with van der Waals surface area (Å²) in [7, 11) is 0. The maximum Gasteiger partial charge on any atom is 0.323 e. The smallest absolute Gasteiger partial charge is 0.308 e. The maximum absolute atomic E-state index is 12.4. The minimum atomic E-state index is -0.274. The molecule has 0 atom stereocenters. The Morgan fingerprint density at radius 3 is 2.57 bits per heavy atom. The summed E-state index contributed by atoms with van der Waals surface area (Å²) < 4.78 is 0. The van der Waals surface area contributed by atoms with Gasteiger partial charge < -0.3 is 10.6 Å². The van der Waals surface area contributed by atoms with Gasteiger partial charge in [-0.25, -0.2) is 4.79 Å². The number of carbonyl (C=O) groups is 1. The number of benzene rings is 3. The van der Waals surface area contributed by atoms with Gasteiger partial charge in [0.1, 0.15) is 0 Å². The molecule has 0 aromatic heterocycles. The number of carbonyl (C=O) groups excluding carboxylic acids is 1. The summed E-state index contributed by atoms with van der Waals surface area (Å²) in [5.74, 6) is 0. The van der Waals surface area contributed by atoms with Crippen molar-refractivity contribution in [1.82, 2.24) is 4.90 Å². The summed E-state index contributed by atoms with van der Waals surface area (Å²) in [4.78, 5) is 14.8. The van der Waals surface area contributed by atoms with E-state index in [-0.39, 0.29) is 6.03 Å². The lowest BCUT2D eigenvalue weighted by Crippen LogP contribution is -2.20. The summed E-state index contributed by atoms with van der Waals surface area (Å²) in [6, 6.07) is 21.8. The largest absolute Gasteiger partial charge is 0.323 e.